The fourth-order valence-electron chi connectivity index (χ4n) is 2.12. The standard InChI is InChI=1S/C14H22FN/c1-10(2)9-11(3)16-12(4)13-7-5-6-8-14(13)15/h5-8,10-12,16H,9H2,1-4H3. The molecule has 0 fully saturated rings. The molecule has 0 saturated carbocycles. The molecule has 0 aliphatic heterocycles. The van der Waals surface area contributed by atoms with Crippen molar-refractivity contribution in [3.8, 4) is 0 Å². The van der Waals surface area contributed by atoms with Crippen molar-refractivity contribution < 1.29 is 4.39 Å². The predicted molar refractivity (Wildman–Crippen MR) is 66.9 cm³/mol. The van der Waals surface area contributed by atoms with Crippen LogP contribution < -0.4 is 5.32 Å². The van der Waals surface area contributed by atoms with Crippen LogP contribution in [0.4, 0.5) is 4.39 Å². The summed E-state index contributed by atoms with van der Waals surface area (Å²) in [6.45, 7) is 8.56. The number of halogens is 1. The Bertz CT molecular complexity index is 322. The van der Waals surface area contributed by atoms with Crippen LogP contribution in [0.3, 0.4) is 0 Å². The van der Waals surface area contributed by atoms with Crippen LogP contribution in [-0.4, -0.2) is 6.04 Å². The fourth-order valence-corrected chi connectivity index (χ4v) is 2.12. The third-order valence-corrected chi connectivity index (χ3v) is 2.73. The van der Waals surface area contributed by atoms with Gasteiger partial charge in [0.2, 0.25) is 0 Å². The molecule has 0 radical (unpaired) electrons. The van der Waals surface area contributed by atoms with Crippen LogP contribution >= 0.6 is 0 Å². The highest BCUT2D eigenvalue weighted by Crippen LogP contribution is 2.17. The summed E-state index contributed by atoms with van der Waals surface area (Å²) in [4.78, 5) is 0. The Labute approximate surface area is 98.1 Å². The summed E-state index contributed by atoms with van der Waals surface area (Å²) in [5, 5.41) is 3.43. The average Bonchev–Trinajstić information content (AvgIpc) is 2.16. The van der Waals surface area contributed by atoms with Crippen LogP contribution in [0.25, 0.3) is 0 Å². The lowest BCUT2D eigenvalue weighted by Crippen LogP contribution is -2.30. The quantitative estimate of drug-likeness (QED) is 0.798. The van der Waals surface area contributed by atoms with Crippen LogP contribution in [0.1, 0.15) is 45.7 Å². The van der Waals surface area contributed by atoms with Gasteiger partial charge in [-0.15, -0.1) is 0 Å². The molecule has 0 heterocycles. The number of nitrogens with one attached hydrogen (secondary N) is 1. The van der Waals surface area contributed by atoms with Gasteiger partial charge in [0.1, 0.15) is 5.82 Å². The van der Waals surface area contributed by atoms with Gasteiger partial charge >= 0.3 is 0 Å². The van der Waals surface area contributed by atoms with Crippen molar-refractivity contribution in [3.05, 3.63) is 35.6 Å². The lowest BCUT2D eigenvalue weighted by atomic mass is 10.0. The minimum atomic E-state index is -0.126. The number of rotatable bonds is 5. The van der Waals surface area contributed by atoms with Crippen molar-refractivity contribution in [2.45, 2.75) is 46.2 Å². The number of hydrogen-bond acceptors (Lipinski definition) is 1. The van der Waals surface area contributed by atoms with E-state index in [1.54, 1.807) is 6.07 Å². The van der Waals surface area contributed by atoms with Crippen LogP contribution in [0.15, 0.2) is 24.3 Å². The highest BCUT2D eigenvalue weighted by atomic mass is 19.1. The Hall–Kier alpha value is -0.890. The molecule has 0 aliphatic carbocycles. The van der Waals surface area contributed by atoms with Crippen LogP contribution in [0, 0.1) is 11.7 Å². The molecule has 0 spiro atoms. The molecular formula is C14H22FN. The van der Waals surface area contributed by atoms with Gasteiger partial charge in [0.25, 0.3) is 0 Å². The fraction of sp³-hybridized carbons (Fsp3) is 0.571. The number of benzene rings is 1. The van der Waals surface area contributed by atoms with Gasteiger partial charge in [-0.2, -0.15) is 0 Å². The maximum atomic E-state index is 13.5. The zero-order chi connectivity index (χ0) is 12.1. The molecule has 2 unspecified atom stereocenters. The van der Waals surface area contributed by atoms with E-state index in [2.05, 4.69) is 26.1 Å². The summed E-state index contributed by atoms with van der Waals surface area (Å²) in [6, 6.07) is 7.44. The van der Waals surface area contributed by atoms with Crippen LogP contribution in [0.2, 0.25) is 0 Å². The van der Waals surface area contributed by atoms with Gasteiger partial charge in [-0.1, -0.05) is 32.0 Å². The maximum absolute atomic E-state index is 13.5. The maximum Gasteiger partial charge on any atom is 0.127 e. The molecule has 2 atom stereocenters. The zero-order valence-corrected chi connectivity index (χ0v) is 10.6. The topological polar surface area (TPSA) is 12.0 Å². The summed E-state index contributed by atoms with van der Waals surface area (Å²) in [5.74, 6) is 0.537. The molecule has 2 heteroatoms. The first kappa shape index (κ1) is 13.2. The molecule has 0 amide bonds. The van der Waals surface area contributed by atoms with Gasteiger partial charge in [0, 0.05) is 17.6 Å². The largest absolute Gasteiger partial charge is 0.308 e. The Balaban J connectivity index is 2.58. The lowest BCUT2D eigenvalue weighted by Gasteiger charge is -2.22. The van der Waals surface area contributed by atoms with E-state index in [1.807, 2.05) is 19.1 Å². The van der Waals surface area contributed by atoms with Crippen LogP contribution in [-0.2, 0) is 0 Å². The molecular weight excluding hydrogens is 201 g/mol. The normalized spacial score (nSPS) is 15.1. The smallest absolute Gasteiger partial charge is 0.127 e. The highest BCUT2D eigenvalue weighted by molar-refractivity contribution is 5.20. The minimum Gasteiger partial charge on any atom is -0.308 e. The van der Waals surface area contributed by atoms with E-state index in [9.17, 15) is 4.39 Å². The van der Waals surface area contributed by atoms with Gasteiger partial charge in [0.15, 0.2) is 0 Å². The van der Waals surface area contributed by atoms with E-state index >= 15 is 0 Å². The molecule has 1 N–H and O–H groups in total. The SMILES string of the molecule is CC(C)CC(C)NC(C)c1ccccc1F. The summed E-state index contributed by atoms with van der Waals surface area (Å²) in [6.07, 6.45) is 1.11. The molecule has 16 heavy (non-hydrogen) atoms. The van der Waals surface area contributed by atoms with E-state index in [-0.39, 0.29) is 11.9 Å². The second-order valence-corrected chi connectivity index (χ2v) is 4.94. The molecule has 0 aliphatic rings. The summed E-state index contributed by atoms with van der Waals surface area (Å²) >= 11 is 0. The summed E-state index contributed by atoms with van der Waals surface area (Å²) in [5.41, 5.74) is 0.748. The van der Waals surface area contributed by atoms with Gasteiger partial charge in [-0.05, 0) is 32.3 Å². The summed E-state index contributed by atoms with van der Waals surface area (Å²) < 4.78 is 13.5. The van der Waals surface area contributed by atoms with Gasteiger partial charge in [0.05, 0.1) is 0 Å². The highest BCUT2D eigenvalue weighted by Gasteiger charge is 2.13. The monoisotopic (exact) mass is 223 g/mol. The molecule has 0 bridgehead atoms. The van der Waals surface area contributed by atoms with Crippen molar-refractivity contribution in [1.82, 2.24) is 5.32 Å². The van der Waals surface area contributed by atoms with Gasteiger partial charge < -0.3 is 5.32 Å². The second kappa shape index (κ2) is 6.00. The van der Waals surface area contributed by atoms with Crippen molar-refractivity contribution in [1.29, 1.82) is 0 Å². The van der Waals surface area contributed by atoms with Crippen LogP contribution in [0.5, 0.6) is 0 Å². The number of hydrogen-bond donors (Lipinski definition) is 1. The molecule has 1 aromatic carbocycles. The van der Waals surface area contributed by atoms with Gasteiger partial charge in [-0.3, -0.25) is 0 Å². The second-order valence-electron chi connectivity index (χ2n) is 4.94. The third-order valence-electron chi connectivity index (χ3n) is 2.73. The minimum absolute atomic E-state index is 0.0648. The van der Waals surface area contributed by atoms with E-state index < -0.39 is 0 Å². The summed E-state index contributed by atoms with van der Waals surface area (Å²) in [7, 11) is 0. The van der Waals surface area contributed by atoms with Gasteiger partial charge in [-0.25, -0.2) is 4.39 Å². The van der Waals surface area contributed by atoms with Crippen molar-refractivity contribution >= 4 is 0 Å². The Morgan fingerprint density at radius 2 is 1.75 bits per heavy atom. The van der Waals surface area contributed by atoms with Crippen molar-refractivity contribution in [3.63, 3.8) is 0 Å². The lowest BCUT2D eigenvalue weighted by molar-refractivity contribution is 0.400. The van der Waals surface area contributed by atoms with Crippen molar-refractivity contribution in [2.75, 3.05) is 0 Å². The molecule has 0 saturated heterocycles. The molecule has 90 valence electrons. The van der Waals surface area contributed by atoms with E-state index in [0.29, 0.717) is 12.0 Å². The molecule has 1 rings (SSSR count). The Kier molecular flexibility index (Phi) is 4.94. The first-order valence-corrected chi connectivity index (χ1v) is 6.01. The van der Waals surface area contributed by atoms with E-state index in [1.165, 1.54) is 6.07 Å². The van der Waals surface area contributed by atoms with Crippen molar-refractivity contribution in [2.24, 2.45) is 5.92 Å². The van der Waals surface area contributed by atoms with E-state index in [4.69, 9.17) is 0 Å². The first-order chi connectivity index (χ1) is 7.50. The third kappa shape index (κ3) is 3.93. The first-order valence-electron chi connectivity index (χ1n) is 6.01. The average molecular weight is 223 g/mol. The molecule has 1 nitrogen and oxygen atoms in total. The molecule has 1 aromatic rings. The molecule has 0 aromatic heterocycles. The Morgan fingerprint density at radius 3 is 2.31 bits per heavy atom. The van der Waals surface area contributed by atoms with E-state index in [0.717, 1.165) is 12.0 Å². The Morgan fingerprint density at radius 1 is 1.12 bits per heavy atom. The zero-order valence-electron chi connectivity index (χ0n) is 10.6. The predicted octanol–water partition coefficient (Wildman–Crippen LogP) is 3.91.